The molecule has 1 heterocycles. The summed E-state index contributed by atoms with van der Waals surface area (Å²) in [5.74, 6) is -0.0789. The molecule has 0 saturated heterocycles. The Morgan fingerprint density at radius 3 is 2.75 bits per heavy atom. The molecule has 1 unspecified atom stereocenters. The number of thiophene rings is 1. The number of carbonyl (C=O) groups is 2. The second-order valence-corrected chi connectivity index (χ2v) is 5.76. The van der Waals surface area contributed by atoms with Gasteiger partial charge in [-0.05, 0) is 43.2 Å². The summed E-state index contributed by atoms with van der Waals surface area (Å²) in [4.78, 5) is 24.0. The van der Waals surface area contributed by atoms with Gasteiger partial charge >= 0.3 is 5.97 Å². The SMILES string of the molecule is COC(=O)c1scc(C)c1NC(=O)CCC(C)CCN. The molecule has 0 aromatic carbocycles. The lowest BCUT2D eigenvalue weighted by molar-refractivity contribution is -0.116. The fraction of sp³-hybridized carbons (Fsp3) is 0.571. The molecule has 0 bridgehead atoms. The van der Waals surface area contributed by atoms with Gasteiger partial charge in [-0.3, -0.25) is 4.79 Å². The molecule has 6 heteroatoms. The molecule has 20 heavy (non-hydrogen) atoms. The molecule has 112 valence electrons. The minimum absolute atomic E-state index is 0.0828. The van der Waals surface area contributed by atoms with Gasteiger partial charge in [0.05, 0.1) is 12.8 Å². The maximum atomic E-state index is 11.9. The first kappa shape index (κ1) is 16.7. The number of ether oxygens (including phenoxy) is 1. The molecule has 1 aromatic heterocycles. The first-order chi connectivity index (χ1) is 9.49. The summed E-state index contributed by atoms with van der Waals surface area (Å²) in [6, 6.07) is 0. The van der Waals surface area contributed by atoms with Crippen molar-refractivity contribution in [3.8, 4) is 0 Å². The lowest BCUT2D eigenvalue weighted by Gasteiger charge is -2.10. The molecule has 1 rings (SSSR count). The van der Waals surface area contributed by atoms with Crippen molar-refractivity contribution < 1.29 is 14.3 Å². The van der Waals surface area contributed by atoms with Gasteiger partial charge in [0.15, 0.2) is 0 Å². The zero-order valence-corrected chi connectivity index (χ0v) is 13.0. The van der Waals surface area contributed by atoms with Gasteiger partial charge in [0.2, 0.25) is 5.91 Å². The largest absolute Gasteiger partial charge is 0.465 e. The highest BCUT2D eigenvalue weighted by Crippen LogP contribution is 2.28. The van der Waals surface area contributed by atoms with Gasteiger partial charge in [-0.15, -0.1) is 11.3 Å². The van der Waals surface area contributed by atoms with Crippen LogP contribution in [0.3, 0.4) is 0 Å². The Morgan fingerprint density at radius 1 is 1.45 bits per heavy atom. The number of anilines is 1. The maximum Gasteiger partial charge on any atom is 0.350 e. The highest BCUT2D eigenvalue weighted by atomic mass is 32.1. The first-order valence-corrected chi connectivity index (χ1v) is 7.53. The van der Waals surface area contributed by atoms with Crippen LogP contribution in [0.1, 0.15) is 41.4 Å². The molecular formula is C14H22N2O3S. The Labute approximate surface area is 123 Å². The molecule has 0 aliphatic heterocycles. The van der Waals surface area contributed by atoms with Crippen molar-refractivity contribution in [2.75, 3.05) is 19.0 Å². The van der Waals surface area contributed by atoms with Crippen molar-refractivity contribution in [3.05, 3.63) is 15.8 Å². The van der Waals surface area contributed by atoms with Crippen molar-refractivity contribution in [2.24, 2.45) is 11.7 Å². The summed E-state index contributed by atoms with van der Waals surface area (Å²) in [6.07, 6.45) is 2.13. The van der Waals surface area contributed by atoms with Crippen LogP contribution >= 0.6 is 11.3 Å². The molecule has 0 radical (unpaired) electrons. The van der Waals surface area contributed by atoms with Crippen molar-refractivity contribution in [2.45, 2.75) is 33.1 Å². The lowest BCUT2D eigenvalue weighted by atomic mass is 10.0. The van der Waals surface area contributed by atoms with E-state index in [1.165, 1.54) is 18.4 Å². The van der Waals surface area contributed by atoms with Crippen LogP contribution in [0.5, 0.6) is 0 Å². The van der Waals surface area contributed by atoms with Crippen LogP contribution in [0.4, 0.5) is 5.69 Å². The number of nitrogens with one attached hydrogen (secondary N) is 1. The smallest absolute Gasteiger partial charge is 0.350 e. The van der Waals surface area contributed by atoms with Gasteiger partial charge in [0, 0.05) is 6.42 Å². The number of carbonyl (C=O) groups excluding carboxylic acids is 2. The third-order valence-corrected chi connectivity index (χ3v) is 4.21. The molecule has 0 aliphatic carbocycles. The monoisotopic (exact) mass is 298 g/mol. The third-order valence-electron chi connectivity index (χ3n) is 3.13. The number of hydrogen-bond donors (Lipinski definition) is 2. The van der Waals surface area contributed by atoms with Crippen molar-refractivity contribution in [3.63, 3.8) is 0 Å². The van der Waals surface area contributed by atoms with Crippen LogP contribution in [-0.4, -0.2) is 25.5 Å². The number of hydrogen-bond acceptors (Lipinski definition) is 5. The van der Waals surface area contributed by atoms with E-state index in [4.69, 9.17) is 10.5 Å². The Kier molecular flexibility index (Phi) is 6.67. The quantitative estimate of drug-likeness (QED) is 0.758. The van der Waals surface area contributed by atoms with E-state index in [1.54, 1.807) is 0 Å². The second kappa shape index (κ2) is 8.01. The van der Waals surface area contributed by atoms with Gasteiger partial charge in [-0.2, -0.15) is 0 Å². The van der Waals surface area contributed by atoms with E-state index in [2.05, 4.69) is 12.2 Å². The molecule has 1 atom stereocenters. The summed E-state index contributed by atoms with van der Waals surface area (Å²) >= 11 is 1.28. The molecule has 1 aromatic rings. The summed E-state index contributed by atoms with van der Waals surface area (Å²) in [7, 11) is 1.33. The fourth-order valence-corrected chi connectivity index (χ4v) is 2.77. The lowest BCUT2D eigenvalue weighted by Crippen LogP contribution is -2.16. The Balaban J connectivity index is 2.62. The van der Waals surface area contributed by atoms with E-state index in [0.29, 0.717) is 29.4 Å². The fourth-order valence-electron chi connectivity index (χ4n) is 1.85. The van der Waals surface area contributed by atoms with E-state index < -0.39 is 5.97 Å². The minimum Gasteiger partial charge on any atom is -0.465 e. The number of rotatable bonds is 7. The highest BCUT2D eigenvalue weighted by molar-refractivity contribution is 7.12. The van der Waals surface area contributed by atoms with Gasteiger partial charge in [-0.25, -0.2) is 4.79 Å². The standard InChI is InChI=1S/C14H22N2O3S/c1-9(6-7-15)4-5-11(17)16-12-10(2)8-20-13(12)14(18)19-3/h8-9H,4-7,15H2,1-3H3,(H,16,17). The average Bonchev–Trinajstić information content (AvgIpc) is 2.77. The van der Waals surface area contributed by atoms with Gasteiger partial charge < -0.3 is 15.8 Å². The Morgan fingerprint density at radius 2 is 2.15 bits per heavy atom. The minimum atomic E-state index is -0.421. The summed E-state index contributed by atoms with van der Waals surface area (Å²) in [6.45, 7) is 4.57. The molecule has 1 amide bonds. The predicted octanol–water partition coefficient (Wildman–Crippen LogP) is 2.55. The first-order valence-electron chi connectivity index (χ1n) is 6.65. The summed E-state index contributed by atoms with van der Waals surface area (Å²) < 4.78 is 4.71. The van der Waals surface area contributed by atoms with Gasteiger partial charge in [0.25, 0.3) is 0 Å². The zero-order valence-electron chi connectivity index (χ0n) is 12.2. The molecule has 3 N–H and O–H groups in total. The zero-order chi connectivity index (χ0) is 15.1. The van der Waals surface area contributed by atoms with Crippen LogP contribution < -0.4 is 11.1 Å². The van der Waals surface area contributed by atoms with E-state index in [1.807, 2.05) is 12.3 Å². The van der Waals surface area contributed by atoms with Crippen LogP contribution in [0, 0.1) is 12.8 Å². The number of esters is 1. The normalized spacial score (nSPS) is 12.0. The van der Waals surface area contributed by atoms with Crippen molar-refractivity contribution >= 4 is 28.9 Å². The van der Waals surface area contributed by atoms with Gasteiger partial charge in [0.1, 0.15) is 4.88 Å². The number of aryl methyl sites for hydroxylation is 1. The second-order valence-electron chi connectivity index (χ2n) is 4.88. The predicted molar refractivity (Wildman–Crippen MR) is 81.1 cm³/mol. The van der Waals surface area contributed by atoms with Crippen LogP contribution in [0.15, 0.2) is 5.38 Å². The van der Waals surface area contributed by atoms with Crippen molar-refractivity contribution in [1.29, 1.82) is 0 Å². The van der Waals surface area contributed by atoms with E-state index in [-0.39, 0.29) is 5.91 Å². The molecule has 0 aliphatic rings. The summed E-state index contributed by atoms with van der Waals surface area (Å²) in [5.41, 5.74) is 6.93. The number of methoxy groups -OCH3 is 1. The van der Waals surface area contributed by atoms with Crippen LogP contribution in [0.25, 0.3) is 0 Å². The third kappa shape index (κ3) is 4.61. The molecule has 0 fully saturated rings. The number of amides is 1. The van der Waals surface area contributed by atoms with Crippen molar-refractivity contribution in [1.82, 2.24) is 0 Å². The number of nitrogens with two attached hydrogens (primary N) is 1. The topological polar surface area (TPSA) is 81.4 Å². The van der Waals surface area contributed by atoms with Crippen LogP contribution in [-0.2, 0) is 9.53 Å². The van der Waals surface area contributed by atoms with E-state index in [9.17, 15) is 9.59 Å². The van der Waals surface area contributed by atoms with Crippen LogP contribution in [0.2, 0.25) is 0 Å². The Bertz CT molecular complexity index is 471. The average molecular weight is 298 g/mol. The highest BCUT2D eigenvalue weighted by Gasteiger charge is 2.18. The Hall–Kier alpha value is -1.40. The van der Waals surface area contributed by atoms with E-state index in [0.717, 1.165) is 18.4 Å². The molecule has 0 saturated carbocycles. The maximum absolute atomic E-state index is 11.9. The van der Waals surface area contributed by atoms with Gasteiger partial charge in [-0.1, -0.05) is 6.92 Å². The molecular weight excluding hydrogens is 276 g/mol. The summed E-state index contributed by atoms with van der Waals surface area (Å²) in [5, 5.41) is 4.64. The molecule has 5 nitrogen and oxygen atoms in total. The van der Waals surface area contributed by atoms with E-state index >= 15 is 0 Å². The molecule has 0 spiro atoms.